The number of rotatable bonds is 6. The van der Waals surface area contributed by atoms with Crippen LogP contribution >= 0.6 is 11.6 Å². The summed E-state index contributed by atoms with van der Waals surface area (Å²) in [6, 6.07) is 29.4. The average molecular weight is 472 g/mol. The summed E-state index contributed by atoms with van der Waals surface area (Å²) < 4.78 is 5.75. The number of benzene rings is 3. The van der Waals surface area contributed by atoms with Crippen LogP contribution in [0.25, 0.3) is 11.3 Å². The second-order valence-electron chi connectivity index (χ2n) is 8.42. The van der Waals surface area contributed by atoms with Gasteiger partial charge in [0.1, 0.15) is 5.76 Å². The lowest BCUT2D eigenvalue weighted by atomic mass is 10.2. The first-order valence-electron chi connectivity index (χ1n) is 11.4. The molecule has 5 rings (SSSR count). The molecule has 4 aromatic rings. The van der Waals surface area contributed by atoms with Crippen molar-refractivity contribution in [1.29, 1.82) is 0 Å². The maximum atomic E-state index is 12.7. The van der Waals surface area contributed by atoms with E-state index in [0.717, 1.165) is 44.0 Å². The predicted molar refractivity (Wildman–Crippen MR) is 137 cm³/mol. The van der Waals surface area contributed by atoms with Gasteiger partial charge in [-0.3, -0.25) is 9.69 Å². The molecule has 3 aromatic carbocycles. The molecule has 0 radical (unpaired) electrons. The number of hydrogen-bond donors (Lipinski definition) is 1. The minimum atomic E-state index is -0.282. The quantitative estimate of drug-likeness (QED) is 0.365. The number of nitrogens with zero attached hydrogens (tertiary/aromatic N) is 2. The number of amides is 1. The summed E-state index contributed by atoms with van der Waals surface area (Å²) >= 11 is 6.05. The van der Waals surface area contributed by atoms with Crippen LogP contribution in [-0.4, -0.2) is 37.0 Å². The monoisotopic (exact) mass is 471 g/mol. The van der Waals surface area contributed by atoms with E-state index in [0.29, 0.717) is 10.8 Å². The maximum Gasteiger partial charge on any atom is 0.291 e. The van der Waals surface area contributed by atoms with Crippen molar-refractivity contribution in [3.05, 3.63) is 107 Å². The Balaban J connectivity index is 1.15. The number of carbonyl (C=O) groups excluding carboxylic acids is 1. The van der Waals surface area contributed by atoms with E-state index in [1.807, 2.05) is 30.3 Å². The van der Waals surface area contributed by atoms with Gasteiger partial charge < -0.3 is 14.6 Å². The zero-order valence-corrected chi connectivity index (χ0v) is 19.5. The molecule has 1 N–H and O–H groups in total. The molecule has 172 valence electrons. The summed E-state index contributed by atoms with van der Waals surface area (Å²) in [4.78, 5) is 17.5. The first-order valence-corrected chi connectivity index (χ1v) is 11.8. The third kappa shape index (κ3) is 5.33. The highest BCUT2D eigenvalue weighted by Gasteiger charge is 2.18. The van der Waals surface area contributed by atoms with Crippen molar-refractivity contribution in [3.8, 4) is 11.3 Å². The van der Waals surface area contributed by atoms with Crippen LogP contribution in [-0.2, 0) is 6.54 Å². The van der Waals surface area contributed by atoms with Gasteiger partial charge in [-0.15, -0.1) is 0 Å². The molecule has 0 atom stereocenters. The molecule has 0 saturated carbocycles. The number of furan rings is 1. The molecule has 0 unspecified atom stereocenters. The minimum absolute atomic E-state index is 0.258. The number of piperazine rings is 1. The van der Waals surface area contributed by atoms with E-state index >= 15 is 0 Å². The Morgan fingerprint density at radius 2 is 1.62 bits per heavy atom. The fourth-order valence-electron chi connectivity index (χ4n) is 4.21. The third-order valence-corrected chi connectivity index (χ3v) is 6.29. The number of halogens is 1. The van der Waals surface area contributed by atoms with E-state index < -0.39 is 0 Å². The summed E-state index contributed by atoms with van der Waals surface area (Å²) in [6.07, 6.45) is 0. The lowest BCUT2D eigenvalue weighted by molar-refractivity contribution is 0.0997. The standard InChI is InChI=1S/C28H26ClN3O2/c29-23-8-4-7-22(19-23)26-13-14-27(34-26)28(33)30-24-9-11-25(12-10-24)32-17-15-31(16-18-32)20-21-5-2-1-3-6-21/h1-14,19H,15-18,20H2,(H,30,33). The Hall–Kier alpha value is -3.54. The van der Waals surface area contributed by atoms with Crippen molar-refractivity contribution in [1.82, 2.24) is 4.90 Å². The zero-order chi connectivity index (χ0) is 23.3. The van der Waals surface area contributed by atoms with Gasteiger partial charge in [0.25, 0.3) is 5.91 Å². The molecule has 1 amide bonds. The van der Waals surface area contributed by atoms with Crippen molar-refractivity contribution in [3.63, 3.8) is 0 Å². The maximum absolute atomic E-state index is 12.7. The Morgan fingerprint density at radius 3 is 2.35 bits per heavy atom. The van der Waals surface area contributed by atoms with Crippen LogP contribution in [0.4, 0.5) is 11.4 Å². The molecule has 5 nitrogen and oxygen atoms in total. The molecule has 1 aliphatic rings. The van der Waals surface area contributed by atoms with Crippen molar-refractivity contribution in [2.75, 3.05) is 36.4 Å². The minimum Gasteiger partial charge on any atom is -0.451 e. The van der Waals surface area contributed by atoms with Crippen molar-refractivity contribution < 1.29 is 9.21 Å². The van der Waals surface area contributed by atoms with Crippen LogP contribution in [0.5, 0.6) is 0 Å². The number of hydrogen-bond acceptors (Lipinski definition) is 4. The molecular weight excluding hydrogens is 446 g/mol. The van der Waals surface area contributed by atoms with E-state index in [-0.39, 0.29) is 11.7 Å². The lowest BCUT2D eigenvalue weighted by Gasteiger charge is -2.36. The Morgan fingerprint density at radius 1 is 0.853 bits per heavy atom. The van der Waals surface area contributed by atoms with E-state index in [1.54, 1.807) is 18.2 Å². The fourth-order valence-corrected chi connectivity index (χ4v) is 4.40. The highest BCUT2D eigenvalue weighted by Crippen LogP contribution is 2.26. The van der Waals surface area contributed by atoms with Crippen LogP contribution in [0.1, 0.15) is 16.1 Å². The lowest BCUT2D eigenvalue weighted by Crippen LogP contribution is -2.45. The van der Waals surface area contributed by atoms with Crippen LogP contribution in [0.2, 0.25) is 5.02 Å². The summed E-state index contributed by atoms with van der Waals surface area (Å²) in [5, 5.41) is 3.54. The van der Waals surface area contributed by atoms with E-state index in [1.165, 1.54) is 11.3 Å². The van der Waals surface area contributed by atoms with Gasteiger partial charge in [0, 0.05) is 54.7 Å². The van der Waals surface area contributed by atoms with Crippen LogP contribution in [0, 0.1) is 0 Å². The van der Waals surface area contributed by atoms with Crippen LogP contribution < -0.4 is 10.2 Å². The average Bonchev–Trinajstić information content (AvgIpc) is 3.37. The van der Waals surface area contributed by atoms with Crippen molar-refractivity contribution in [2.24, 2.45) is 0 Å². The highest BCUT2D eigenvalue weighted by atomic mass is 35.5. The summed E-state index contributed by atoms with van der Waals surface area (Å²) in [7, 11) is 0. The second-order valence-corrected chi connectivity index (χ2v) is 8.86. The van der Waals surface area contributed by atoms with Gasteiger partial charge >= 0.3 is 0 Å². The number of anilines is 2. The van der Waals surface area contributed by atoms with Gasteiger partial charge in [0.15, 0.2) is 5.76 Å². The molecule has 0 bridgehead atoms. The van der Waals surface area contributed by atoms with Crippen LogP contribution in [0.3, 0.4) is 0 Å². The van der Waals surface area contributed by atoms with Gasteiger partial charge in [-0.05, 0) is 54.1 Å². The van der Waals surface area contributed by atoms with Crippen molar-refractivity contribution in [2.45, 2.75) is 6.54 Å². The Kier molecular flexibility index (Phi) is 6.65. The van der Waals surface area contributed by atoms with Gasteiger partial charge in [0.2, 0.25) is 0 Å². The van der Waals surface area contributed by atoms with Gasteiger partial charge in [-0.25, -0.2) is 0 Å². The molecular formula is C28H26ClN3O2. The first kappa shape index (κ1) is 22.3. The largest absolute Gasteiger partial charge is 0.451 e. The molecule has 0 spiro atoms. The second kappa shape index (κ2) is 10.2. The topological polar surface area (TPSA) is 48.7 Å². The molecule has 34 heavy (non-hydrogen) atoms. The smallest absolute Gasteiger partial charge is 0.291 e. The predicted octanol–water partition coefficient (Wildman–Crippen LogP) is 6.17. The van der Waals surface area contributed by atoms with Gasteiger partial charge in [0.05, 0.1) is 0 Å². The van der Waals surface area contributed by atoms with Gasteiger partial charge in [-0.1, -0.05) is 54.1 Å². The van der Waals surface area contributed by atoms with Crippen LogP contribution in [0.15, 0.2) is 95.4 Å². The third-order valence-electron chi connectivity index (χ3n) is 6.05. The summed E-state index contributed by atoms with van der Waals surface area (Å²) in [5.74, 6) is 0.582. The molecule has 1 aromatic heterocycles. The normalized spacial score (nSPS) is 14.2. The zero-order valence-electron chi connectivity index (χ0n) is 18.8. The highest BCUT2D eigenvalue weighted by molar-refractivity contribution is 6.30. The Labute approximate surface area is 204 Å². The fraction of sp³-hybridized carbons (Fsp3) is 0.179. The molecule has 2 heterocycles. The number of nitrogens with one attached hydrogen (secondary N) is 1. The van der Waals surface area contributed by atoms with Crippen molar-refractivity contribution >= 4 is 28.9 Å². The Bertz CT molecular complexity index is 1250. The van der Waals surface area contributed by atoms with Gasteiger partial charge in [-0.2, -0.15) is 0 Å². The van der Waals surface area contributed by atoms with E-state index in [2.05, 4.69) is 57.6 Å². The molecule has 6 heteroatoms. The SMILES string of the molecule is O=C(Nc1ccc(N2CCN(Cc3ccccc3)CC2)cc1)c1ccc(-c2cccc(Cl)c2)o1. The summed E-state index contributed by atoms with van der Waals surface area (Å²) in [6.45, 7) is 5.02. The molecule has 1 fully saturated rings. The molecule has 0 aliphatic carbocycles. The molecule has 1 saturated heterocycles. The van der Waals surface area contributed by atoms with E-state index in [4.69, 9.17) is 16.0 Å². The molecule has 1 aliphatic heterocycles. The summed E-state index contributed by atoms with van der Waals surface area (Å²) in [5.41, 5.74) is 4.09. The first-order chi connectivity index (χ1) is 16.6. The number of carbonyl (C=O) groups is 1. The van der Waals surface area contributed by atoms with E-state index in [9.17, 15) is 4.79 Å².